The zero-order valence-corrected chi connectivity index (χ0v) is 17.1. The summed E-state index contributed by atoms with van der Waals surface area (Å²) in [7, 11) is 0. The molecule has 0 spiro atoms. The molecule has 8 heteroatoms. The molecule has 1 aliphatic heterocycles. The lowest BCUT2D eigenvalue weighted by Gasteiger charge is -2.17. The Hall–Kier alpha value is -3.42. The van der Waals surface area contributed by atoms with Crippen LogP contribution in [0, 0.1) is 5.92 Å². The number of carbonyl (C=O) groups is 1. The van der Waals surface area contributed by atoms with Crippen LogP contribution in [0.2, 0.25) is 0 Å². The summed E-state index contributed by atoms with van der Waals surface area (Å²) in [4.78, 5) is 17.1. The summed E-state index contributed by atoms with van der Waals surface area (Å²) in [5.74, 6) is -0.375. The smallest absolute Gasteiger partial charge is 0.324 e. The van der Waals surface area contributed by atoms with Gasteiger partial charge in [0.15, 0.2) is 0 Å². The van der Waals surface area contributed by atoms with Crippen LogP contribution in [-0.4, -0.2) is 21.4 Å². The van der Waals surface area contributed by atoms with Gasteiger partial charge in [0.25, 0.3) is 0 Å². The fourth-order valence-corrected chi connectivity index (χ4v) is 3.64. The van der Waals surface area contributed by atoms with Crippen LogP contribution in [0.4, 0.5) is 24.5 Å². The number of anilines is 1. The first-order valence-electron chi connectivity index (χ1n) is 9.92. The van der Waals surface area contributed by atoms with Gasteiger partial charge in [-0.1, -0.05) is 26.0 Å². The van der Waals surface area contributed by atoms with Crippen LogP contribution in [-0.2, 0) is 17.4 Å². The van der Waals surface area contributed by atoms with Crippen molar-refractivity contribution in [2.24, 2.45) is 10.9 Å². The highest BCUT2D eigenvalue weighted by atomic mass is 19.4. The molecule has 1 amide bonds. The second-order valence-electron chi connectivity index (χ2n) is 7.91. The standard InChI is InChI=1S/C23H21F3N4O/c1-14(2)9-16-11-20-21(12-18(16)23(24,25)26)29-22(31)13-19(28-20)15-5-3-6-17(10-15)30-8-4-7-27-30/h3-8,10-12,14H,9,13H2,1-2H3,(H,29,31). The normalized spacial score (nSPS) is 14.1. The van der Waals surface area contributed by atoms with E-state index in [1.165, 1.54) is 6.07 Å². The minimum atomic E-state index is -4.51. The number of carbonyl (C=O) groups excluding carboxylic acids is 1. The van der Waals surface area contributed by atoms with E-state index >= 15 is 0 Å². The lowest BCUT2D eigenvalue weighted by atomic mass is 9.96. The van der Waals surface area contributed by atoms with Gasteiger partial charge in [-0.3, -0.25) is 9.79 Å². The predicted molar refractivity (Wildman–Crippen MR) is 113 cm³/mol. The largest absolute Gasteiger partial charge is 0.416 e. The van der Waals surface area contributed by atoms with Gasteiger partial charge in [-0.05, 0) is 53.8 Å². The predicted octanol–water partition coefficient (Wildman–Crippen LogP) is 5.55. The highest BCUT2D eigenvalue weighted by molar-refractivity contribution is 6.17. The fourth-order valence-electron chi connectivity index (χ4n) is 3.64. The minimum absolute atomic E-state index is 0.0359. The number of amides is 1. The Labute approximate surface area is 177 Å². The number of alkyl halides is 3. The average molecular weight is 426 g/mol. The van der Waals surface area contributed by atoms with E-state index in [2.05, 4.69) is 15.4 Å². The quantitative estimate of drug-likeness (QED) is 0.594. The molecule has 1 N–H and O–H groups in total. The molecule has 4 rings (SSSR count). The number of hydrogen-bond acceptors (Lipinski definition) is 3. The molecule has 5 nitrogen and oxygen atoms in total. The van der Waals surface area contributed by atoms with E-state index in [9.17, 15) is 18.0 Å². The van der Waals surface area contributed by atoms with E-state index in [0.717, 1.165) is 11.8 Å². The van der Waals surface area contributed by atoms with Crippen LogP contribution in [0.3, 0.4) is 0 Å². The van der Waals surface area contributed by atoms with Crippen LogP contribution >= 0.6 is 0 Å². The number of hydrogen-bond donors (Lipinski definition) is 1. The number of halogens is 3. The molecule has 2 heterocycles. The molecule has 0 radical (unpaired) electrons. The number of fused-ring (bicyclic) bond motifs is 1. The molecule has 0 saturated heterocycles. The third-order valence-electron chi connectivity index (χ3n) is 4.96. The fraction of sp³-hybridized carbons (Fsp3) is 0.261. The summed E-state index contributed by atoms with van der Waals surface area (Å²) in [6.07, 6.45) is -0.838. The van der Waals surface area contributed by atoms with E-state index in [1.54, 1.807) is 23.1 Å². The zero-order chi connectivity index (χ0) is 22.2. The van der Waals surface area contributed by atoms with Crippen LogP contribution in [0.1, 0.15) is 37.0 Å². The highest BCUT2D eigenvalue weighted by Crippen LogP contribution is 2.40. The van der Waals surface area contributed by atoms with Crippen LogP contribution < -0.4 is 5.32 Å². The summed E-state index contributed by atoms with van der Waals surface area (Å²) in [6, 6.07) is 11.6. The van der Waals surface area contributed by atoms with Crippen molar-refractivity contribution in [2.75, 3.05) is 5.32 Å². The maximum Gasteiger partial charge on any atom is 0.416 e. The molecule has 1 aliphatic rings. The van der Waals surface area contributed by atoms with Gasteiger partial charge in [-0.25, -0.2) is 4.68 Å². The first-order valence-corrected chi connectivity index (χ1v) is 9.92. The summed E-state index contributed by atoms with van der Waals surface area (Å²) < 4.78 is 42.6. The third kappa shape index (κ3) is 4.52. The second kappa shape index (κ2) is 8.02. The second-order valence-corrected chi connectivity index (χ2v) is 7.91. The molecule has 0 aliphatic carbocycles. The summed E-state index contributed by atoms with van der Waals surface area (Å²) in [5, 5.41) is 6.79. The van der Waals surface area contributed by atoms with E-state index in [4.69, 9.17) is 0 Å². The van der Waals surface area contributed by atoms with E-state index in [0.29, 0.717) is 17.0 Å². The summed E-state index contributed by atoms with van der Waals surface area (Å²) >= 11 is 0. The number of aliphatic imine (C=N–C) groups is 1. The Kier molecular flexibility index (Phi) is 5.39. The Bertz CT molecular complexity index is 1150. The molecule has 1 aromatic heterocycles. The molecule has 0 bridgehead atoms. The molecule has 31 heavy (non-hydrogen) atoms. The number of nitrogens with zero attached hydrogens (tertiary/aromatic N) is 3. The first kappa shape index (κ1) is 20.8. The van der Waals surface area contributed by atoms with Crippen molar-refractivity contribution in [3.05, 3.63) is 71.5 Å². The maximum atomic E-state index is 13.6. The molecular formula is C23H21F3N4O. The molecule has 0 saturated carbocycles. The zero-order valence-electron chi connectivity index (χ0n) is 17.1. The molecule has 3 aromatic rings. The molecule has 0 atom stereocenters. The van der Waals surface area contributed by atoms with Gasteiger partial charge >= 0.3 is 6.18 Å². The van der Waals surface area contributed by atoms with Gasteiger partial charge in [0.05, 0.1) is 34.8 Å². The average Bonchev–Trinajstić information content (AvgIpc) is 3.17. The Morgan fingerprint density at radius 3 is 2.65 bits per heavy atom. The van der Waals surface area contributed by atoms with Gasteiger partial charge in [-0.2, -0.15) is 18.3 Å². The summed E-state index contributed by atoms with van der Waals surface area (Å²) in [6.45, 7) is 3.73. The topological polar surface area (TPSA) is 59.3 Å². The molecule has 2 aromatic carbocycles. The molecular weight excluding hydrogens is 405 g/mol. The van der Waals surface area contributed by atoms with Crippen molar-refractivity contribution in [3.63, 3.8) is 0 Å². The van der Waals surface area contributed by atoms with Gasteiger partial charge in [0, 0.05) is 12.4 Å². The molecule has 0 unspecified atom stereocenters. The van der Waals surface area contributed by atoms with Gasteiger partial charge < -0.3 is 5.32 Å². The lowest BCUT2D eigenvalue weighted by molar-refractivity contribution is -0.138. The summed E-state index contributed by atoms with van der Waals surface area (Å²) in [5.41, 5.74) is 1.83. The van der Waals surface area contributed by atoms with Crippen LogP contribution in [0.5, 0.6) is 0 Å². The monoisotopic (exact) mass is 426 g/mol. The number of nitrogens with one attached hydrogen (secondary N) is 1. The molecule has 0 fully saturated rings. The number of aromatic nitrogens is 2. The highest BCUT2D eigenvalue weighted by Gasteiger charge is 2.35. The van der Waals surface area contributed by atoms with Crippen molar-refractivity contribution in [2.45, 2.75) is 32.9 Å². The Morgan fingerprint density at radius 2 is 1.97 bits per heavy atom. The van der Waals surface area contributed by atoms with Gasteiger partial charge in [0.1, 0.15) is 0 Å². The van der Waals surface area contributed by atoms with Crippen molar-refractivity contribution in [1.82, 2.24) is 9.78 Å². The lowest BCUT2D eigenvalue weighted by Crippen LogP contribution is -2.16. The van der Waals surface area contributed by atoms with Crippen LogP contribution in [0.25, 0.3) is 5.69 Å². The van der Waals surface area contributed by atoms with Gasteiger partial charge in [0.2, 0.25) is 5.91 Å². The first-order chi connectivity index (χ1) is 14.7. The van der Waals surface area contributed by atoms with Gasteiger partial charge in [-0.15, -0.1) is 0 Å². The van der Waals surface area contributed by atoms with E-state index < -0.39 is 17.6 Å². The third-order valence-corrected chi connectivity index (χ3v) is 4.96. The van der Waals surface area contributed by atoms with E-state index in [1.807, 2.05) is 38.1 Å². The maximum absolute atomic E-state index is 13.6. The number of benzene rings is 2. The van der Waals surface area contributed by atoms with Crippen molar-refractivity contribution < 1.29 is 18.0 Å². The number of rotatable bonds is 4. The Morgan fingerprint density at radius 1 is 1.16 bits per heavy atom. The Balaban J connectivity index is 1.82. The van der Waals surface area contributed by atoms with Crippen LogP contribution in [0.15, 0.2) is 59.9 Å². The SMILES string of the molecule is CC(C)Cc1cc2c(cc1C(F)(F)F)NC(=O)CC(c1cccc(-n3cccn3)c1)=N2. The van der Waals surface area contributed by atoms with Crippen molar-refractivity contribution in [1.29, 1.82) is 0 Å². The van der Waals surface area contributed by atoms with Crippen molar-refractivity contribution >= 4 is 23.0 Å². The molecule has 160 valence electrons. The van der Waals surface area contributed by atoms with E-state index in [-0.39, 0.29) is 30.0 Å². The minimum Gasteiger partial charge on any atom is -0.324 e. The van der Waals surface area contributed by atoms with Crippen molar-refractivity contribution in [3.8, 4) is 5.69 Å².